The van der Waals surface area contributed by atoms with Gasteiger partial charge in [-0.3, -0.25) is 4.79 Å². The minimum atomic E-state index is -0.00360. The summed E-state index contributed by atoms with van der Waals surface area (Å²) in [6.45, 7) is 2.12. The predicted molar refractivity (Wildman–Crippen MR) is 98.1 cm³/mol. The molecule has 0 aliphatic carbocycles. The molecule has 1 amide bonds. The fourth-order valence-corrected chi connectivity index (χ4v) is 2.84. The van der Waals surface area contributed by atoms with Crippen LogP contribution in [0.2, 0.25) is 0 Å². The third-order valence-corrected chi connectivity index (χ3v) is 4.20. The SMILES string of the molecule is CCc1ccc(NC(=O)CC(c2ccccc2)n2cccc2)cc1. The average Bonchev–Trinajstić information content (AvgIpc) is 3.15. The van der Waals surface area contributed by atoms with Crippen LogP contribution in [0.15, 0.2) is 79.1 Å². The Morgan fingerprint density at radius 3 is 2.25 bits per heavy atom. The van der Waals surface area contributed by atoms with Gasteiger partial charge in [0.1, 0.15) is 0 Å². The van der Waals surface area contributed by atoms with E-state index < -0.39 is 0 Å². The Balaban J connectivity index is 1.73. The van der Waals surface area contributed by atoms with Gasteiger partial charge in [0, 0.05) is 18.1 Å². The summed E-state index contributed by atoms with van der Waals surface area (Å²) in [5.41, 5.74) is 3.24. The van der Waals surface area contributed by atoms with E-state index in [1.54, 1.807) is 0 Å². The van der Waals surface area contributed by atoms with Crippen LogP contribution in [0.3, 0.4) is 0 Å². The Labute approximate surface area is 143 Å². The zero-order valence-electron chi connectivity index (χ0n) is 13.9. The Morgan fingerprint density at radius 2 is 1.62 bits per heavy atom. The van der Waals surface area contributed by atoms with E-state index in [4.69, 9.17) is 0 Å². The second kappa shape index (κ2) is 7.64. The first kappa shape index (κ1) is 16.1. The van der Waals surface area contributed by atoms with Crippen molar-refractivity contribution in [1.82, 2.24) is 4.57 Å². The van der Waals surface area contributed by atoms with Gasteiger partial charge >= 0.3 is 0 Å². The maximum Gasteiger partial charge on any atom is 0.226 e. The number of nitrogens with zero attached hydrogens (tertiary/aromatic N) is 1. The smallest absolute Gasteiger partial charge is 0.226 e. The van der Waals surface area contributed by atoms with Crippen molar-refractivity contribution < 1.29 is 4.79 Å². The van der Waals surface area contributed by atoms with Crippen LogP contribution in [0.25, 0.3) is 0 Å². The molecular weight excluding hydrogens is 296 g/mol. The summed E-state index contributed by atoms with van der Waals surface area (Å²) in [6.07, 6.45) is 5.40. The van der Waals surface area contributed by atoms with E-state index in [1.165, 1.54) is 5.56 Å². The van der Waals surface area contributed by atoms with Crippen molar-refractivity contribution in [3.8, 4) is 0 Å². The van der Waals surface area contributed by atoms with E-state index in [-0.39, 0.29) is 11.9 Å². The largest absolute Gasteiger partial charge is 0.346 e. The fourth-order valence-electron chi connectivity index (χ4n) is 2.84. The van der Waals surface area contributed by atoms with E-state index >= 15 is 0 Å². The highest BCUT2D eigenvalue weighted by molar-refractivity contribution is 5.91. The van der Waals surface area contributed by atoms with Gasteiger partial charge in [-0.2, -0.15) is 0 Å². The lowest BCUT2D eigenvalue weighted by molar-refractivity contribution is -0.116. The Hall–Kier alpha value is -2.81. The third kappa shape index (κ3) is 3.93. The third-order valence-electron chi connectivity index (χ3n) is 4.20. The number of carbonyl (C=O) groups is 1. The molecule has 24 heavy (non-hydrogen) atoms. The highest BCUT2D eigenvalue weighted by Gasteiger charge is 2.17. The molecule has 0 aliphatic rings. The van der Waals surface area contributed by atoms with Gasteiger partial charge in [-0.1, -0.05) is 49.4 Å². The number of anilines is 1. The number of rotatable bonds is 6. The molecule has 122 valence electrons. The molecule has 3 heteroatoms. The maximum absolute atomic E-state index is 12.5. The second-order valence-electron chi connectivity index (χ2n) is 5.86. The van der Waals surface area contributed by atoms with Crippen LogP contribution >= 0.6 is 0 Å². The maximum atomic E-state index is 12.5. The zero-order valence-corrected chi connectivity index (χ0v) is 13.9. The molecule has 0 radical (unpaired) electrons. The molecule has 0 spiro atoms. The normalized spacial score (nSPS) is 11.9. The lowest BCUT2D eigenvalue weighted by Gasteiger charge is -2.19. The molecule has 0 fully saturated rings. The van der Waals surface area contributed by atoms with Crippen molar-refractivity contribution in [3.63, 3.8) is 0 Å². The van der Waals surface area contributed by atoms with Crippen molar-refractivity contribution >= 4 is 11.6 Å². The number of aromatic nitrogens is 1. The standard InChI is InChI=1S/C21H22N2O/c1-2-17-10-12-19(13-11-17)22-21(24)16-20(23-14-6-7-15-23)18-8-4-3-5-9-18/h3-15,20H,2,16H2,1H3,(H,22,24). The van der Waals surface area contributed by atoms with Gasteiger partial charge in [-0.15, -0.1) is 0 Å². The van der Waals surface area contributed by atoms with E-state index in [9.17, 15) is 4.79 Å². The number of nitrogens with one attached hydrogen (secondary N) is 1. The number of hydrogen-bond acceptors (Lipinski definition) is 1. The molecule has 0 saturated carbocycles. The summed E-state index contributed by atoms with van der Waals surface area (Å²) in [7, 11) is 0. The number of benzene rings is 2. The average molecular weight is 318 g/mol. The van der Waals surface area contributed by atoms with Gasteiger partial charge < -0.3 is 9.88 Å². The van der Waals surface area contributed by atoms with Gasteiger partial charge in [0.2, 0.25) is 5.91 Å². The Kier molecular flexibility index (Phi) is 5.12. The molecule has 3 aromatic rings. The van der Waals surface area contributed by atoms with Gasteiger partial charge in [-0.05, 0) is 41.8 Å². The van der Waals surface area contributed by atoms with Gasteiger partial charge in [0.05, 0.1) is 12.5 Å². The van der Waals surface area contributed by atoms with Crippen LogP contribution in [-0.2, 0) is 11.2 Å². The van der Waals surface area contributed by atoms with Crippen LogP contribution in [0.1, 0.15) is 30.5 Å². The number of amides is 1. The first-order valence-electron chi connectivity index (χ1n) is 8.32. The van der Waals surface area contributed by atoms with Crippen molar-refractivity contribution in [2.45, 2.75) is 25.8 Å². The summed E-state index contributed by atoms with van der Waals surface area (Å²) in [5.74, 6) is 0.0156. The van der Waals surface area contributed by atoms with Crippen LogP contribution in [-0.4, -0.2) is 10.5 Å². The van der Waals surface area contributed by atoms with Crippen LogP contribution in [0, 0.1) is 0 Å². The minimum absolute atomic E-state index is 0.00360. The predicted octanol–water partition coefficient (Wildman–Crippen LogP) is 4.67. The molecule has 3 nitrogen and oxygen atoms in total. The number of hydrogen-bond donors (Lipinski definition) is 1. The first-order valence-corrected chi connectivity index (χ1v) is 8.32. The van der Waals surface area contributed by atoms with E-state index in [0.717, 1.165) is 17.7 Å². The zero-order chi connectivity index (χ0) is 16.8. The summed E-state index contributed by atoms with van der Waals surface area (Å²) >= 11 is 0. The summed E-state index contributed by atoms with van der Waals surface area (Å²) < 4.78 is 2.08. The van der Waals surface area contributed by atoms with Crippen LogP contribution < -0.4 is 5.32 Å². The molecule has 2 aromatic carbocycles. The molecular formula is C21H22N2O. The molecule has 3 rings (SSSR count). The summed E-state index contributed by atoms with van der Waals surface area (Å²) in [6, 6.07) is 22.1. The second-order valence-corrected chi connectivity index (χ2v) is 5.86. The lowest BCUT2D eigenvalue weighted by atomic mass is 10.0. The molecule has 0 saturated heterocycles. The number of aryl methyl sites for hydroxylation is 1. The highest BCUT2D eigenvalue weighted by atomic mass is 16.1. The van der Waals surface area contributed by atoms with Crippen molar-refractivity contribution in [2.24, 2.45) is 0 Å². The van der Waals surface area contributed by atoms with Gasteiger partial charge in [0.15, 0.2) is 0 Å². The van der Waals surface area contributed by atoms with Crippen molar-refractivity contribution in [1.29, 1.82) is 0 Å². The molecule has 0 bridgehead atoms. The number of carbonyl (C=O) groups excluding carboxylic acids is 1. The Bertz CT molecular complexity index is 761. The van der Waals surface area contributed by atoms with Crippen LogP contribution in [0.4, 0.5) is 5.69 Å². The molecule has 0 aliphatic heterocycles. The van der Waals surface area contributed by atoms with Crippen molar-refractivity contribution in [2.75, 3.05) is 5.32 Å². The minimum Gasteiger partial charge on any atom is -0.346 e. The van der Waals surface area contributed by atoms with Crippen molar-refractivity contribution in [3.05, 3.63) is 90.3 Å². The molecule has 1 unspecified atom stereocenters. The van der Waals surface area contributed by atoms with Gasteiger partial charge in [0.25, 0.3) is 0 Å². The van der Waals surface area contributed by atoms with Crippen LogP contribution in [0.5, 0.6) is 0 Å². The molecule has 1 heterocycles. The monoisotopic (exact) mass is 318 g/mol. The molecule has 1 aromatic heterocycles. The lowest BCUT2D eigenvalue weighted by Crippen LogP contribution is -2.19. The van der Waals surface area contributed by atoms with E-state index in [2.05, 4.69) is 41.1 Å². The molecule has 1 atom stereocenters. The summed E-state index contributed by atoms with van der Waals surface area (Å²) in [4.78, 5) is 12.5. The Morgan fingerprint density at radius 1 is 0.958 bits per heavy atom. The topological polar surface area (TPSA) is 34.0 Å². The summed E-state index contributed by atoms with van der Waals surface area (Å²) in [5, 5.41) is 3.00. The molecule has 1 N–H and O–H groups in total. The van der Waals surface area contributed by atoms with Gasteiger partial charge in [-0.25, -0.2) is 0 Å². The first-order chi connectivity index (χ1) is 11.8. The highest BCUT2D eigenvalue weighted by Crippen LogP contribution is 2.23. The van der Waals surface area contributed by atoms with E-state index in [0.29, 0.717) is 6.42 Å². The quantitative estimate of drug-likeness (QED) is 0.704. The van der Waals surface area contributed by atoms with E-state index in [1.807, 2.05) is 54.9 Å². The fraction of sp³-hybridized carbons (Fsp3) is 0.190.